The number of carbonyl (C=O) groups excluding carboxylic acids is 1. The molecule has 2 aromatic rings. The van der Waals surface area contributed by atoms with Crippen LogP contribution in [0.1, 0.15) is 16.0 Å². The van der Waals surface area contributed by atoms with Crippen LogP contribution in [0.25, 0.3) is 6.08 Å². The zero-order valence-corrected chi connectivity index (χ0v) is 11.0. The van der Waals surface area contributed by atoms with Crippen LogP contribution in [0.2, 0.25) is 0 Å². The van der Waals surface area contributed by atoms with E-state index in [1.807, 2.05) is 54.8 Å². The number of hydrogen-bond donors (Lipinski definition) is 1. The molecule has 1 heterocycles. The Hall–Kier alpha value is -1.87. The maximum Gasteiger partial charge on any atom is 0.244 e. The molecule has 0 atom stereocenters. The fourth-order valence-electron chi connectivity index (χ4n) is 1.50. The summed E-state index contributed by atoms with van der Waals surface area (Å²) in [6.45, 7) is 2.61. The second kappa shape index (κ2) is 6.17. The highest BCUT2D eigenvalue weighted by atomic mass is 32.1. The van der Waals surface area contributed by atoms with Crippen LogP contribution < -0.4 is 5.32 Å². The quantitative estimate of drug-likeness (QED) is 0.836. The first-order valence-electron chi connectivity index (χ1n) is 5.79. The molecule has 0 saturated heterocycles. The predicted octanol–water partition coefficient (Wildman–Crippen LogP) is 3.39. The van der Waals surface area contributed by atoms with E-state index in [2.05, 4.69) is 5.32 Å². The van der Waals surface area contributed by atoms with E-state index < -0.39 is 0 Å². The first kappa shape index (κ1) is 12.6. The summed E-state index contributed by atoms with van der Waals surface area (Å²) in [5, 5.41) is 4.85. The molecule has 0 radical (unpaired) electrons. The van der Waals surface area contributed by atoms with Crippen molar-refractivity contribution in [1.29, 1.82) is 0 Å². The number of carbonyl (C=O) groups is 1. The molecule has 2 nitrogen and oxygen atoms in total. The van der Waals surface area contributed by atoms with Crippen LogP contribution in [0.5, 0.6) is 0 Å². The van der Waals surface area contributed by atoms with Gasteiger partial charge in [-0.2, -0.15) is 0 Å². The summed E-state index contributed by atoms with van der Waals surface area (Å²) >= 11 is 1.61. The first-order valence-corrected chi connectivity index (χ1v) is 6.67. The van der Waals surface area contributed by atoms with Gasteiger partial charge in [-0.25, -0.2) is 0 Å². The molecule has 0 bridgehead atoms. The minimum absolute atomic E-state index is 0.0658. The van der Waals surface area contributed by atoms with E-state index in [0.717, 1.165) is 10.4 Å². The molecule has 0 aliphatic heterocycles. The van der Waals surface area contributed by atoms with Crippen LogP contribution in [0.3, 0.4) is 0 Å². The number of amides is 1. The largest absolute Gasteiger partial charge is 0.348 e. The van der Waals surface area contributed by atoms with Crippen molar-refractivity contribution in [2.75, 3.05) is 0 Å². The average molecular weight is 257 g/mol. The van der Waals surface area contributed by atoms with Gasteiger partial charge in [-0.15, -0.1) is 11.3 Å². The molecule has 18 heavy (non-hydrogen) atoms. The van der Waals surface area contributed by atoms with Crippen LogP contribution in [0, 0.1) is 6.92 Å². The summed E-state index contributed by atoms with van der Waals surface area (Å²) in [6.07, 6.45) is 3.40. The molecule has 0 fully saturated rings. The van der Waals surface area contributed by atoms with Gasteiger partial charge in [-0.05, 0) is 30.0 Å². The predicted molar refractivity (Wildman–Crippen MR) is 76.4 cm³/mol. The van der Waals surface area contributed by atoms with E-state index in [4.69, 9.17) is 0 Å². The van der Waals surface area contributed by atoms with Gasteiger partial charge in [0, 0.05) is 17.5 Å². The lowest BCUT2D eigenvalue weighted by molar-refractivity contribution is -0.116. The Morgan fingerprint density at radius 1 is 1.28 bits per heavy atom. The van der Waals surface area contributed by atoms with Crippen molar-refractivity contribution >= 4 is 23.3 Å². The third kappa shape index (κ3) is 3.86. The third-order valence-corrected chi connectivity index (χ3v) is 3.37. The zero-order valence-electron chi connectivity index (χ0n) is 10.2. The van der Waals surface area contributed by atoms with Crippen LogP contribution >= 0.6 is 11.3 Å². The average Bonchev–Trinajstić information content (AvgIpc) is 2.89. The fraction of sp³-hybridized carbons (Fsp3) is 0.133. The van der Waals surface area contributed by atoms with Gasteiger partial charge >= 0.3 is 0 Å². The first-order chi connectivity index (χ1) is 8.74. The van der Waals surface area contributed by atoms with Crippen molar-refractivity contribution in [2.24, 2.45) is 0 Å². The molecule has 0 aliphatic rings. The van der Waals surface area contributed by atoms with E-state index in [1.165, 1.54) is 5.56 Å². The summed E-state index contributed by atoms with van der Waals surface area (Å²) in [5.41, 5.74) is 2.33. The summed E-state index contributed by atoms with van der Waals surface area (Å²) in [4.78, 5) is 12.7. The van der Waals surface area contributed by atoms with Crippen LogP contribution in [0.4, 0.5) is 0 Å². The normalized spacial score (nSPS) is 10.7. The summed E-state index contributed by atoms with van der Waals surface area (Å²) < 4.78 is 0. The topological polar surface area (TPSA) is 29.1 Å². The van der Waals surface area contributed by atoms with Gasteiger partial charge in [0.25, 0.3) is 0 Å². The van der Waals surface area contributed by atoms with Crippen LogP contribution in [0.15, 0.2) is 47.9 Å². The van der Waals surface area contributed by atoms with E-state index in [0.29, 0.717) is 6.54 Å². The van der Waals surface area contributed by atoms with Gasteiger partial charge in [0.15, 0.2) is 0 Å². The summed E-state index contributed by atoms with van der Waals surface area (Å²) in [5.74, 6) is -0.0658. The van der Waals surface area contributed by atoms with Gasteiger partial charge in [0.1, 0.15) is 0 Å². The van der Waals surface area contributed by atoms with E-state index in [1.54, 1.807) is 17.4 Å². The number of hydrogen-bond acceptors (Lipinski definition) is 2. The Kier molecular flexibility index (Phi) is 4.31. The minimum Gasteiger partial charge on any atom is -0.348 e. The van der Waals surface area contributed by atoms with Crippen molar-refractivity contribution in [1.82, 2.24) is 5.32 Å². The lowest BCUT2D eigenvalue weighted by Gasteiger charge is -2.02. The van der Waals surface area contributed by atoms with Crippen molar-refractivity contribution in [3.8, 4) is 0 Å². The second-order valence-electron chi connectivity index (χ2n) is 4.05. The van der Waals surface area contributed by atoms with E-state index >= 15 is 0 Å². The number of aryl methyl sites for hydroxylation is 1. The van der Waals surface area contributed by atoms with Crippen molar-refractivity contribution in [3.05, 3.63) is 63.9 Å². The Labute approximate surface area is 111 Å². The van der Waals surface area contributed by atoms with Gasteiger partial charge in [0.2, 0.25) is 5.91 Å². The molecule has 1 aromatic heterocycles. The molecule has 3 heteroatoms. The fourth-order valence-corrected chi connectivity index (χ4v) is 2.12. The molecule has 0 aliphatic carbocycles. The molecule has 1 amide bonds. The number of benzene rings is 1. The Balaban J connectivity index is 1.83. The van der Waals surface area contributed by atoms with Gasteiger partial charge in [-0.1, -0.05) is 35.9 Å². The maximum absolute atomic E-state index is 11.6. The van der Waals surface area contributed by atoms with E-state index in [-0.39, 0.29) is 5.91 Å². The summed E-state index contributed by atoms with van der Waals surface area (Å²) in [6, 6.07) is 12.1. The Morgan fingerprint density at radius 2 is 2.06 bits per heavy atom. The summed E-state index contributed by atoms with van der Waals surface area (Å²) in [7, 11) is 0. The van der Waals surface area contributed by atoms with Crippen LogP contribution in [-0.2, 0) is 11.3 Å². The molecule has 0 spiro atoms. The molecule has 2 rings (SSSR count). The van der Waals surface area contributed by atoms with Crippen molar-refractivity contribution in [3.63, 3.8) is 0 Å². The van der Waals surface area contributed by atoms with Crippen molar-refractivity contribution in [2.45, 2.75) is 13.5 Å². The third-order valence-electron chi connectivity index (χ3n) is 2.53. The second-order valence-corrected chi connectivity index (χ2v) is 5.03. The molecule has 0 saturated carbocycles. The number of rotatable bonds is 4. The molecule has 92 valence electrons. The molecule has 1 N–H and O–H groups in total. The molecule has 1 aromatic carbocycles. The molecule has 0 unspecified atom stereocenters. The van der Waals surface area contributed by atoms with E-state index in [9.17, 15) is 4.79 Å². The standard InChI is InChI=1S/C15H15NOS/c1-12-4-6-13(7-5-12)11-16-15(17)9-8-14-3-2-10-18-14/h2-10H,11H2,1H3,(H,16,17)/b9-8-. The Bertz CT molecular complexity index is 526. The molecular formula is C15H15NOS. The highest BCUT2D eigenvalue weighted by Crippen LogP contribution is 2.09. The van der Waals surface area contributed by atoms with Gasteiger partial charge < -0.3 is 5.32 Å². The molecular weight excluding hydrogens is 242 g/mol. The monoisotopic (exact) mass is 257 g/mol. The van der Waals surface area contributed by atoms with Crippen molar-refractivity contribution < 1.29 is 4.79 Å². The minimum atomic E-state index is -0.0658. The highest BCUT2D eigenvalue weighted by molar-refractivity contribution is 7.10. The lowest BCUT2D eigenvalue weighted by atomic mass is 10.1. The smallest absolute Gasteiger partial charge is 0.244 e. The highest BCUT2D eigenvalue weighted by Gasteiger charge is 1.96. The zero-order chi connectivity index (χ0) is 12.8. The SMILES string of the molecule is Cc1ccc(CNC(=O)/C=C\c2cccs2)cc1. The maximum atomic E-state index is 11.6. The Morgan fingerprint density at radius 3 is 2.72 bits per heavy atom. The van der Waals surface area contributed by atoms with Gasteiger partial charge in [-0.3, -0.25) is 4.79 Å². The van der Waals surface area contributed by atoms with Gasteiger partial charge in [0.05, 0.1) is 0 Å². The number of nitrogens with one attached hydrogen (secondary N) is 1. The lowest BCUT2D eigenvalue weighted by Crippen LogP contribution is -2.20. The van der Waals surface area contributed by atoms with Crippen LogP contribution in [-0.4, -0.2) is 5.91 Å². The number of thiophene rings is 1.